The summed E-state index contributed by atoms with van der Waals surface area (Å²) >= 11 is 0. The summed E-state index contributed by atoms with van der Waals surface area (Å²) in [6, 6.07) is 9.84. The molecule has 7 nitrogen and oxygen atoms in total. The van der Waals surface area contributed by atoms with Crippen LogP contribution in [-0.4, -0.2) is 32.1 Å². The molecule has 2 rings (SSSR count). The van der Waals surface area contributed by atoms with E-state index in [0.29, 0.717) is 11.3 Å². The zero-order valence-corrected chi connectivity index (χ0v) is 16.7. The van der Waals surface area contributed by atoms with E-state index >= 15 is 0 Å². The number of hydrogen-bond donors (Lipinski definition) is 2. The number of carbonyl (C=O) groups excluding carboxylic acids is 2. The summed E-state index contributed by atoms with van der Waals surface area (Å²) in [5, 5.41) is 0. The number of hydrazine groups is 1. The van der Waals surface area contributed by atoms with Gasteiger partial charge in [-0.3, -0.25) is 20.4 Å². The minimum absolute atomic E-state index is 0.0924. The molecule has 0 saturated heterocycles. The smallest absolute Gasteiger partial charge is 0.387 e. The number of amides is 2. The van der Waals surface area contributed by atoms with E-state index in [9.17, 15) is 18.4 Å². The number of aryl methyl sites for hydroxylation is 2. The van der Waals surface area contributed by atoms with Crippen LogP contribution in [0.5, 0.6) is 17.2 Å². The lowest BCUT2D eigenvalue weighted by atomic mass is 10.1. The molecule has 160 valence electrons. The molecule has 2 aromatic rings. The van der Waals surface area contributed by atoms with Crippen LogP contribution in [0.1, 0.15) is 16.7 Å². The fourth-order valence-electron chi connectivity index (χ4n) is 2.37. The molecule has 0 heterocycles. The van der Waals surface area contributed by atoms with Gasteiger partial charge in [-0.1, -0.05) is 18.2 Å². The van der Waals surface area contributed by atoms with Crippen LogP contribution in [0.25, 0.3) is 6.08 Å². The topological polar surface area (TPSA) is 85.9 Å². The number of carbonyl (C=O) groups is 2. The second-order valence-electron chi connectivity index (χ2n) is 6.22. The summed E-state index contributed by atoms with van der Waals surface area (Å²) in [4.78, 5) is 23.7. The van der Waals surface area contributed by atoms with Gasteiger partial charge in [0.15, 0.2) is 18.1 Å². The number of ether oxygens (including phenoxy) is 3. The van der Waals surface area contributed by atoms with Crippen LogP contribution in [0.3, 0.4) is 0 Å². The number of alkyl halides is 2. The SMILES string of the molecule is COc1cc(C=CC(=O)NNC(=O)COc2cc(C)ccc2C)ccc1OC(F)F. The van der Waals surface area contributed by atoms with Gasteiger partial charge in [-0.05, 0) is 54.8 Å². The van der Waals surface area contributed by atoms with Gasteiger partial charge in [-0.25, -0.2) is 0 Å². The van der Waals surface area contributed by atoms with Crippen molar-refractivity contribution >= 4 is 17.9 Å². The van der Waals surface area contributed by atoms with Crippen molar-refractivity contribution in [3.63, 3.8) is 0 Å². The van der Waals surface area contributed by atoms with E-state index in [1.54, 1.807) is 0 Å². The fourth-order valence-corrected chi connectivity index (χ4v) is 2.37. The third kappa shape index (κ3) is 7.08. The first kappa shape index (κ1) is 22.7. The van der Waals surface area contributed by atoms with Gasteiger partial charge in [0, 0.05) is 6.08 Å². The molecule has 0 saturated carbocycles. The summed E-state index contributed by atoms with van der Waals surface area (Å²) in [6.07, 6.45) is 2.58. The minimum Gasteiger partial charge on any atom is -0.493 e. The standard InChI is InChI=1S/C21H22F2N2O5/c1-13-4-5-14(2)17(10-13)29-12-20(27)25-24-19(26)9-7-15-6-8-16(30-21(22)23)18(11-15)28-3/h4-11,21H,12H2,1-3H3,(H,24,26)(H,25,27). The van der Waals surface area contributed by atoms with Crippen molar-refractivity contribution in [1.82, 2.24) is 10.9 Å². The predicted octanol–water partition coefficient (Wildman–Crippen LogP) is 3.15. The first-order chi connectivity index (χ1) is 14.3. The van der Waals surface area contributed by atoms with E-state index in [-0.39, 0.29) is 18.1 Å². The molecule has 0 aliphatic heterocycles. The van der Waals surface area contributed by atoms with Gasteiger partial charge in [-0.15, -0.1) is 0 Å². The van der Waals surface area contributed by atoms with Crippen molar-refractivity contribution in [1.29, 1.82) is 0 Å². The van der Waals surface area contributed by atoms with Crippen molar-refractivity contribution in [3.05, 3.63) is 59.2 Å². The zero-order chi connectivity index (χ0) is 22.1. The molecular formula is C21H22F2N2O5. The van der Waals surface area contributed by atoms with Crippen LogP contribution in [0.15, 0.2) is 42.5 Å². The average Bonchev–Trinajstić information content (AvgIpc) is 2.71. The Morgan fingerprint density at radius 2 is 1.80 bits per heavy atom. The van der Waals surface area contributed by atoms with Crippen LogP contribution in [0.2, 0.25) is 0 Å². The average molecular weight is 420 g/mol. The molecule has 0 fully saturated rings. The highest BCUT2D eigenvalue weighted by Gasteiger charge is 2.10. The first-order valence-corrected chi connectivity index (χ1v) is 8.88. The molecule has 2 aromatic carbocycles. The number of hydrogen-bond acceptors (Lipinski definition) is 5. The molecule has 0 unspecified atom stereocenters. The number of rotatable bonds is 8. The van der Waals surface area contributed by atoms with Crippen molar-refractivity contribution in [2.75, 3.05) is 13.7 Å². The number of benzene rings is 2. The molecule has 30 heavy (non-hydrogen) atoms. The molecule has 9 heteroatoms. The minimum atomic E-state index is -2.98. The maximum Gasteiger partial charge on any atom is 0.387 e. The Balaban J connectivity index is 1.84. The summed E-state index contributed by atoms with van der Waals surface area (Å²) in [7, 11) is 1.31. The van der Waals surface area contributed by atoms with Crippen molar-refractivity contribution in [3.8, 4) is 17.2 Å². The second kappa shape index (κ2) is 10.8. The van der Waals surface area contributed by atoms with Crippen LogP contribution in [0.4, 0.5) is 8.78 Å². The summed E-state index contributed by atoms with van der Waals surface area (Å²) in [5.41, 5.74) is 6.85. The van der Waals surface area contributed by atoms with Crippen molar-refractivity contribution in [2.24, 2.45) is 0 Å². The third-order valence-electron chi connectivity index (χ3n) is 3.86. The van der Waals surface area contributed by atoms with Gasteiger partial charge in [0.1, 0.15) is 5.75 Å². The number of nitrogens with one attached hydrogen (secondary N) is 2. The highest BCUT2D eigenvalue weighted by Crippen LogP contribution is 2.29. The van der Waals surface area contributed by atoms with E-state index in [0.717, 1.165) is 17.2 Å². The Kier molecular flexibility index (Phi) is 8.16. The highest BCUT2D eigenvalue weighted by atomic mass is 19.3. The lowest BCUT2D eigenvalue weighted by Crippen LogP contribution is -2.43. The van der Waals surface area contributed by atoms with Gasteiger partial charge in [0.2, 0.25) is 0 Å². The zero-order valence-electron chi connectivity index (χ0n) is 16.7. The normalized spacial score (nSPS) is 10.7. The Hall–Kier alpha value is -3.62. The molecule has 0 aromatic heterocycles. The molecule has 0 spiro atoms. The van der Waals surface area contributed by atoms with Crippen LogP contribution in [-0.2, 0) is 9.59 Å². The summed E-state index contributed by atoms with van der Waals surface area (Å²) < 4.78 is 39.4. The van der Waals surface area contributed by atoms with Crippen LogP contribution in [0, 0.1) is 13.8 Å². The third-order valence-corrected chi connectivity index (χ3v) is 3.86. The molecule has 0 atom stereocenters. The molecule has 0 radical (unpaired) electrons. The highest BCUT2D eigenvalue weighted by molar-refractivity contribution is 5.93. The monoisotopic (exact) mass is 420 g/mol. The molecular weight excluding hydrogens is 398 g/mol. The quantitative estimate of drug-likeness (QED) is 0.506. The predicted molar refractivity (Wildman–Crippen MR) is 106 cm³/mol. The van der Waals surface area contributed by atoms with Gasteiger partial charge < -0.3 is 14.2 Å². The van der Waals surface area contributed by atoms with Crippen molar-refractivity contribution < 1.29 is 32.6 Å². The van der Waals surface area contributed by atoms with Gasteiger partial charge in [-0.2, -0.15) is 8.78 Å². The maximum atomic E-state index is 12.3. The molecule has 2 N–H and O–H groups in total. The second-order valence-corrected chi connectivity index (χ2v) is 6.22. The number of methoxy groups -OCH3 is 1. The lowest BCUT2D eigenvalue weighted by molar-refractivity contribution is -0.128. The van der Waals surface area contributed by atoms with Crippen molar-refractivity contribution in [2.45, 2.75) is 20.5 Å². The Morgan fingerprint density at radius 1 is 1.03 bits per heavy atom. The Bertz CT molecular complexity index is 932. The molecule has 0 aliphatic rings. The summed E-state index contributed by atoms with van der Waals surface area (Å²) in [6.45, 7) is 0.527. The van der Waals surface area contributed by atoms with Crippen LogP contribution < -0.4 is 25.1 Å². The van der Waals surface area contributed by atoms with E-state index < -0.39 is 18.4 Å². The van der Waals surface area contributed by atoms with E-state index in [1.165, 1.54) is 31.4 Å². The van der Waals surface area contributed by atoms with E-state index in [2.05, 4.69) is 15.6 Å². The Labute approximate surface area is 172 Å². The molecule has 0 bridgehead atoms. The molecule has 0 aliphatic carbocycles. The van der Waals surface area contributed by atoms with Gasteiger partial charge >= 0.3 is 6.61 Å². The Morgan fingerprint density at radius 3 is 2.50 bits per heavy atom. The first-order valence-electron chi connectivity index (χ1n) is 8.88. The van der Waals surface area contributed by atoms with Gasteiger partial charge in [0.05, 0.1) is 7.11 Å². The van der Waals surface area contributed by atoms with Gasteiger partial charge in [0.25, 0.3) is 11.8 Å². The molecule has 2 amide bonds. The lowest BCUT2D eigenvalue weighted by Gasteiger charge is -2.10. The maximum absolute atomic E-state index is 12.3. The largest absolute Gasteiger partial charge is 0.493 e. The number of halogens is 2. The van der Waals surface area contributed by atoms with E-state index in [4.69, 9.17) is 9.47 Å². The van der Waals surface area contributed by atoms with Crippen LogP contribution >= 0.6 is 0 Å². The fraction of sp³-hybridized carbons (Fsp3) is 0.238. The summed E-state index contributed by atoms with van der Waals surface area (Å²) in [5.74, 6) is -0.570. The van der Waals surface area contributed by atoms with E-state index in [1.807, 2.05) is 32.0 Å².